The van der Waals surface area contributed by atoms with E-state index in [0.29, 0.717) is 10.7 Å². The van der Waals surface area contributed by atoms with Crippen molar-refractivity contribution in [3.63, 3.8) is 0 Å². The predicted octanol–water partition coefficient (Wildman–Crippen LogP) is 4.04. The van der Waals surface area contributed by atoms with E-state index in [1.165, 1.54) is 11.9 Å². The van der Waals surface area contributed by atoms with Crippen LogP contribution in [0.15, 0.2) is 36.9 Å². The Morgan fingerprint density at radius 1 is 1.13 bits per heavy atom. The molecule has 0 radical (unpaired) electrons. The predicted molar refractivity (Wildman–Crippen MR) is 90.9 cm³/mol. The summed E-state index contributed by atoms with van der Waals surface area (Å²) in [6.07, 6.45) is 6.40. The molecule has 0 atom stereocenters. The maximum Gasteiger partial charge on any atom is 0.164 e. The SMILES string of the molecule is Cc1cccc(OCCCCCn2cnc3c(Cl)ncnc32)c1. The summed E-state index contributed by atoms with van der Waals surface area (Å²) < 4.78 is 7.77. The smallest absolute Gasteiger partial charge is 0.164 e. The second-order valence-corrected chi connectivity index (χ2v) is 5.86. The Labute approximate surface area is 140 Å². The first-order chi connectivity index (χ1) is 11.2. The minimum atomic E-state index is 0.403. The molecular formula is C17H19ClN4O. The van der Waals surface area contributed by atoms with Crippen LogP contribution in [0.5, 0.6) is 5.75 Å². The van der Waals surface area contributed by atoms with Crippen LogP contribution >= 0.6 is 11.6 Å². The molecule has 23 heavy (non-hydrogen) atoms. The third kappa shape index (κ3) is 3.99. The normalized spacial score (nSPS) is 11.0. The molecule has 0 bridgehead atoms. The van der Waals surface area contributed by atoms with Gasteiger partial charge >= 0.3 is 0 Å². The highest BCUT2D eigenvalue weighted by molar-refractivity contribution is 6.33. The highest BCUT2D eigenvalue weighted by Crippen LogP contribution is 2.17. The van der Waals surface area contributed by atoms with Crippen molar-refractivity contribution in [1.29, 1.82) is 0 Å². The first-order valence-electron chi connectivity index (χ1n) is 7.75. The summed E-state index contributed by atoms with van der Waals surface area (Å²) >= 11 is 6.00. The van der Waals surface area contributed by atoms with Gasteiger partial charge in [-0.1, -0.05) is 23.7 Å². The molecular weight excluding hydrogens is 312 g/mol. The van der Waals surface area contributed by atoms with Gasteiger partial charge < -0.3 is 9.30 Å². The highest BCUT2D eigenvalue weighted by Gasteiger charge is 2.07. The Hall–Kier alpha value is -2.14. The maximum absolute atomic E-state index is 6.00. The van der Waals surface area contributed by atoms with Crippen LogP contribution in [-0.4, -0.2) is 26.1 Å². The number of hydrogen-bond acceptors (Lipinski definition) is 4. The van der Waals surface area contributed by atoms with E-state index in [1.54, 1.807) is 6.33 Å². The van der Waals surface area contributed by atoms with Crippen molar-refractivity contribution in [3.8, 4) is 5.75 Å². The van der Waals surface area contributed by atoms with Crippen LogP contribution in [0.2, 0.25) is 5.15 Å². The van der Waals surface area contributed by atoms with Crippen molar-refractivity contribution >= 4 is 22.8 Å². The van der Waals surface area contributed by atoms with E-state index in [0.717, 1.165) is 43.8 Å². The standard InChI is InChI=1S/C17H19ClN4O/c1-13-6-5-7-14(10-13)23-9-4-2-3-8-22-12-21-15-16(18)19-11-20-17(15)22/h5-7,10-12H,2-4,8-9H2,1H3. The minimum Gasteiger partial charge on any atom is -0.494 e. The summed E-state index contributed by atoms with van der Waals surface area (Å²) in [6, 6.07) is 8.13. The number of ether oxygens (including phenoxy) is 1. The first-order valence-corrected chi connectivity index (χ1v) is 8.12. The van der Waals surface area contributed by atoms with Gasteiger partial charge in [-0.3, -0.25) is 0 Å². The lowest BCUT2D eigenvalue weighted by molar-refractivity contribution is 0.304. The average Bonchev–Trinajstić information content (AvgIpc) is 2.95. The van der Waals surface area contributed by atoms with E-state index >= 15 is 0 Å². The Balaban J connectivity index is 1.42. The van der Waals surface area contributed by atoms with Crippen molar-refractivity contribution in [1.82, 2.24) is 19.5 Å². The molecule has 0 spiro atoms. The van der Waals surface area contributed by atoms with Crippen LogP contribution in [0.4, 0.5) is 0 Å². The van der Waals surface area contributed by atoms with Gasteiger partial charge in [-0.2, -0.15) is 0 Å². The van der Waals surface area contributed by atoms with Gasteiger partial charge in [0.25, 0.3) is 0 Å². The van der Waals surface area contributed by atoms with Crippen LogP contribution in [0.3, 0.4) is 0 Å². The Kier molecular flexibility index (Phi) is 5.08. The molecule has 0 aliphatic carbocycles. The molecule has 0 aliphatic heterocycles. The van der Waals surface area contributed by atoms with Crippen LogP contribution in [-0.2, 0) is 6.54 Å². The second kappa shape index (κ2) is 7.42. The van der Waals surface area contributed by atoms with E-state index in [4.69, 9.17) is 16.3 Å². The fourth-order valence-corrected chi connectivity index (χ4v) is 2.65. The molecule has 0 aliphatic rings. The van der Waals surface area contributed by atoms with Gasteiger partial charge in [0.15, 0.2) is 10.8 Å². The molecule has 5 nitrogen and oxygen atoms in total. The van der Waals surface area contributed by atoms with Crippen LogP contribution in [0, 0.1) is 6.92 Å². The zero-order chi connectivity index (χ0) is 16.1. The lowest BCUT2D eigenvalue weighted by Gasteiger charge is -2.07. The molecule has 0 fully saturated rings. The molecule has 0 saturated heterocycles. The van der Waals surface area contributed by atoms with Crippen molar-refractivity contribution in [3.05, 3.63) is 47.6 Å². The van der Waals surface area contributed by atoms with Gasteiger partial charge in [-0.05, 0) is 43.9 Å². The number of aryl methyl sites for hydroxylation is 2. The molecule has 2 heterocycles. The van der Waals surface area contributed by atoms with Gasteiger partial charge in [-0.25, -0.2) is 15.0 Å². The quantitative estimate of drug-likeness (QED) is 0.484. The number of fused-ring (bicyclic) bond motifs is 1. The fraction of sp³-hybridized carbons (Fsp3) is 0.353. The van der Waals surface area contributed by atoms with Crippen LogP contribution in [0.1, 0.15) is 24.8 Å². The summed E-state index contributed by atoms with van der Waals surface area (Å²) in [5, 5.41) is 0.403. The summed E-state index contributed by atoms with van der Waals surface area (Å²) in [5.74, 6) is 0.942. The van der Waals surface area contributed by atoms with E-state index in [-0.39, 0.29) is 0 Å². The van der Waals surface area contributed by atoms with Gasteiger partial charge in [-0.15, -0.1) is 0 Å². The number of unbranched alkanes of at least 4 members (excludes halogenated alkanes) is 2. The number of rotatable bonds is 7. The van der Waals surface area contributed by atoms with Crippen molar-refractivity contribution in [2.45, 2.75) is 32.7 Å². The zero-order valence-corrected chi connectivity index (χ0v) is 13.8. The fourth-order valence-electron chi connectivity index (χ4n) is 2.47. The monoisotopic (exact) mass is 330 g/mol. The number of benzene rings is 1. The number of halogens is 1. The molecule has 6 heteroatoms. The molecule has 120 valence electrons. The van der Waals surface area contributed by atoms with Crippen molar-refractivity contribution < 1.29 is 4.74 Å². The van der Waals surface area contributed by atoms with E-state index in [9.17, 15) is 0 Å². The molecule has 0 saturated carbocycles. The van der Waals surface area contributed by atoms with Gasteiger partial charge in [0, 0.05) is 6.54 Å². The van der Waals surface area contributed by atoms with E-state index in [1.807, 2.05) is 16.7 Å². The van der Waals surface area contributed by atoms with E-state index < -0.39 is 0 Å². The zero-order valence-electron chi connectivity index (χ0n) is 13.1. The van der Waals surface area contributed by atoms with Crippen LogP contribution in [0.25, 0.3) is 11.2 Å². The second-order valence-electron chi connectivity index (χ2n) is 5.50. The summed E-state index contributed by atoms with van der Waals surface area (Å²) in [4.78, 5) is 12.4. The van der Waals surface area contributed by atoms with Crippen molar-refractivity contribution in [2.75, 3.05) is 6.61 Å². The molecule has 2 aromatic heterocycles. The number of hydrogen-bond donors (Lipinski definition) is 0. The molecule has 0 N–H and O–H groups in total. The average molecular weight is 331 g/mol. The van der Waals surface area contributed by atoms with Gasteiger partial charge in [0.1, 0.15) is 17.6 Å². The Bertz CT molecular complexity index is 787. The van der Waals surface area contributed by atoms with Crippen LogP contribution < -0.4 is 4.74 Å². The largest absolute Gasteiger partial charge is 0.494 e. The lowest BCUT2D eigenvalue weighted by Crippen LogP contribution is -2.01. The molecule has 3 aromatic rings. The Morgan fingerprint density at radius 3 is 2.91 bits per heavy atom. The van der Waals surface area contributed by atoms with Gasteiger partial charge in [0.2, 0.25) is 0 Å². The number of aromatic nitrogens is 4. The molecule has 0 unspecified atom stereocenters. The Morgan fingerprint density at radius 2 is 2.04 bits per heavy atom. The summed E-state index contributed by atoms with van der Waals surface area (Å²) in [6.45, 7) is 3.68. The van der Waals surface area contributed by atoms with E-state index in [2.05, 4.69) is 34.0 Å². The van der Waals surface area contributed by atoms with Crippen molar-refractivity contribution in [2.24, 2.45) is 0 Å². The number of imidazole rings is 1. The summed E-state index contributed by atoms with van der Waals surface area (Å²) in [7, 11) is 0. The first kappa shape index (κ1) is 15.7. The maximum atomic E-state index is 6.00. The topological polar surface area (TPSA) is 52.8 Å². The third-order valence-electron chi connectivity index (χ3n) is 3.66. The molecule has 3 rings (SSSR count). The highest BCUT2D eigenvalue weighted by atomic mass is 35.5. The molecule has 1 aromatic carbocycles. The summed E-state index contributed by atoms with van der Waals surface area (Å²) in [5.41, 5.74) is 2.67. The third-order valence-corrected chi connectivity index (χ3v) is 3.93. The molecule has 0 amide bonds. The lowest BCUT2D eigenvalue weighted by atomic mass is 10.2. The minimum absolute atomic E-state index is 0.403. The van der Waals surface area contributed by atoms with Gasteiger partial charge in [0.05, 0.1) is 12.9 Å². The number of nitrogens with zero attached hydrogens (tertiary/aromatic N) is 4.